The molecule has 0 aliphatic heterocycles. The number of rotatable bonds is 6. The van der Waals surface area contributed by atoms with Gasteiger partial charge in [0.05, 0.1) is 11.9 Å². The third-order valence-corrected chi connectivity index (χ3v) is 4.25. The van der Waals surface area contributed by atoms with Crippen molar-refractivity contribution in [2.24, 2.45) is 0 Å². The van der Waals surface area contributed by atoms with Gasteiger partial charge >= 0.3 is 0 Å². The second kappa shape index (κ2) is 6.95. The van der Waals surface area contributed by atoms with E-state index in [-0.39, 0.29) is 12.5 Å². The first-order valence-electron chi connectivity index (χ1n) is 6.26. The van der Waals surface area contributed by atoms with Crippen molar-refractivity contribution in [1.29, 1.82) is 0 Å². The van der Waals surface area contributed by atoms with E-state index in [9.17, 15) is 13.2 Å². The molecule has 0 spiro atoms. The van der Waals surface area contributed by atoms with Gasteiger partial charge in [-0.3, -0.25) is 9.10 Å². The number of aryl methyl sites for hydroxylation is 1. The van der Waals surface area contributed by atoms with Crippen LogP contribution in [-0.2, 0) is 14.8 Å². The van der Waals surface area contributed by atoms with Gasteiger partial charge in [-0.05, 0) is 31.0 Å². The average molecular weight is 319 g/mol. The Hall–Kier alpha value is -1.27. The molecule has 0 heterocycles. The zero-order valence-electron chi connectivity index (χ0n) is 11.8. The lowest BCUT2D eigenvalue weighted by Gasteiger charge is -2.22. The number of hydrogen-bond donors (Lipinski definition) is 1. The molecule has 20 heavy (non-hydrogen) atoms. The minimum atomic E-state index is -3.55. The van der Waals surface area contributed by atoms with Gasteiger partial charge in [-0.15, -0.1) is 0 Å². The van der Waals surface area contributed by atoms with Crippen molar-refractivity contribution in [3.05, 3.63) is 28.8 Å². The van der Waals surface area contributed by atoms with Gasteiger partial charge in [0.15, 0.2) is 0 Å². The van der Waals surface area contributed by atoms with Gasteiger partial charge in [-0.25, -0.2) is 8.42 Å². The number of benzene rings is 1. The fourth-order valence-corrected chi connectivity index (χ4v) is 2.61. The molecular formula is C13H19ClN2O3S. The zero-order valence-corrected chi connectivity index (χ0v) is 13.4. The van der Waals surface area contributed by atoms with Crippen LogP contribution in [0.5, 0.6) is 0 Å². The van der Waals surface area contributed by atoms with Gasteiger partial charge in [0.25, 0.3) is 0 Å². The molecule has 112 valence electrons. The van der Waals surface area contributed by atoms with Gasteiger partial charge in [-0.2, -0.15) is 0 Å². The molecule has 1 N–H and O–H groups in total. The van der Waals surface area contributed by atoms with Crippen molar-refractivity contribution in [2.75, 3.05) is 23.7 Å². The van der Waals surface area contributed by atoms with Gasteiger partial charge in [0.2, 0.25) is 15.9 Å². The molecule has 1 rings (SSSR count). The number of nitrogens with zero attached hydrogens (tertiary/aromatic N) is 1. The summed E-state index contributed by atoms with van der Waals surface area (Å²) in [5.74, 6) is -0.339. The molecule has 0 atom stereocenters. The van der Waals surface area contributed by atoms with Crippen molar-refractivity contribution >= 4 is 33.2 Å². The van der Waals surface area contributed by atoms with E-state index in [1.54, 1.807) is 18.2 Å². The molecule has 7 heteroatoms. The monoisotopic (exact) mass is 318 g/mol. The highest BCUT2D eigenvalue weighted by Crippen LogP contribution is 2.24. The molecule has 0 aliphatic rings. The third-order valence-electron chi connectivity index (χ3n) is 2.70. The first-order chi connectivity index (χ1) is 9.25. The second-order valence-electron chi connectivity index (χ2n) is 4.55. The van der Waals surface area contributed by atoms with E-state index in [0.717, 1.165) is 22.5 Å². The van der Waals surface area contributed by atoms with Crippen LogP contribution >= 0.6 is 11.6 Å². The summed E-state index contributed by atoms with van der Waals surface area (Å²) in [7, 11) is -3.55. The lowest BCUT2D eigenvalue weighted by molar-refractivity contribution is -0.119. The van der Waals surface area contributed by atoms with Crippen molar-refractivity contribution < 1.29 is 13.2 Å². The Morgan fingerprint density at radius 3 is 2.55 bits per heavy atom. The highest BCUT2D eigenvalue weighted by molar-refractivity contribution is 7.92. The molecule has 0 bridgehead atoms. The largest absolute Gasteiger partial charge is 0.355 e. The standard InChI is InChI=1S/C13H19ClN2O3S/c1-4-7-15-13(17)9-16(20(3,18)19)11-6-5-10(2)12(14)8-11/h5-6,8H,4,7,9H2,1-3H3,(H,15,17). The Bertz CT molecular complexity index is 587. The smallest absolute Gasteiger partial charge is 0.240 e. The quantitative estimate of drug-likeness (QED) is 0.871. The van der Waals surface area contributed by atoms with Crippen LogP contribution in [0, 0.1) is 6.92 Å². The topological polar surface area (TPSA) is 66.5 Å². The van der Waals surface area contributed by atoms with Crippen LogP contribution in [0.15, 0.2) is 18.2 Å². The highest BCUT2D eigenvalue weighted by Gasteiger charge is 2.21. The molecule has 1 amide bonds. The SMILES string of the molecule is CCCNC(=O)CN(c1ccc(C)c(Cl)c1)S(C)(=O)=O. The van der Waals surface area contributed by atoms with Crippen molar-refractivity contribution in [1.82, 2.24) is 5.32 Å². The van der Waals surface area contributed by atoms with E-state index < -0.39 is 10.0 Å². The Labute approximate surface area is 125 Å². The fraction of sp³-hybridized carbons (Fsp3) is 0.462. The normalized spacial score (nSPS) is 11.2. The summed E-state index contributed by atoms with van der Waals surface area (Å²) in [5, 5.41) is 3.12. The fourth-order valence-electron chi connectivity index (χ4n) is 1.59. The van der Waals surface area contributed by atoms with Gasteiger partial charge in [0.1, 0.15) is 6.54 Å². The predicted molar refractivity (Wildman–Crippen MR) is 81.7 cm³/mol. The summed E-state index contributed by atoms with van der Waals surface area (Å²) in [5.41, 5.74) is 1.23. The van der Waals surface area contributed by atoms with Crippen LogP contribution in [0.2, 0.25) is 5.02 Å². The van der Waals surface area contributed by atoms with E-state index in [0.29, 0.717) is 17.3 Å². The van der Waals surface area contributed by atoms with E-state index >= 15 is 0 Å². The van der Waals surface area contributed by atoms with Gasteiger partial charge in [0, 0.05) is 11.6 Å². The third kappa shape index (κ3) is 4.68. The molecule has 5 nitrogen and oxygen atoms in total. The maximum atomic E-state index is 11.8. The predicted octanol–water partition coefficient (Wildman–Crippen LogP) is 1.94. The number of carbonyl (C=O) groups excluding carboxylic acids is 1. The molecule has 0 radical (unpaired) electrons. The number of halogens is 1. The Morgan fingerprint density at radius 2 is 2.05 bits per heavy atom. The van der Waals surface area contributed by atoms with Crippen LogP contribution < -0.4 is 9.62 Å². The summed E-state index contributed by atoms with van der Waals surface area (Å²) in [6.45, 7) is 4.02. The van der Waals surface area contributed by atoms with Crippen molar-refractivity contribution in [3.8, 4) is 0 Å². The van der Waals surface area contributed by atoms with E-state index in [4.69, 9.17) is 11.6 Å². The molecule has 0 unspecified atom stereocenters. The lowest BCUT2D eigenvalue weighted by Crippen LogP contribution is -2.40. The van der Waals surface area contributed by atoms with E-state index in [1.807, 2.05) is 13.8 Å². The summed E-state index contributed by atoms with van der Waals surface area (Å²) >= 11 is 6.01. The Morgan fingerprint density at radius 1 is 1.40 bits per heavy atom. The van der Waals surface area contributed by atoms with Crippen LogP contribution in [0.3, 0.4) is 0 Å². The highest BCUT2D eigenvalue weighted by atomic mass is 35.5. The molecule has 1 aromatic rings. The first-order valence-corrected chi connectivity index (χ1v) is 8.49. The molecule has 0 aromatic heterocycles. The molecule has 0 saturated heterocycles. The number of amides is 1. The average Bonchev–Trinajstić information content (AvgIpc) is 2.35. The van der Waals surface area contributed by atoms with E-state index in [1.165, 1.54) is 0 Å². The first kappa shape index (κ1) is 16.8. The number of hydrogen-bond acceptors (Lipinski definition) is 3. The number of nitrogens with one attached hydrogen (secondary N) is 1. The van der Waals surface area contributed by atoms with Crippen LogP contribution in [0.1, 0.15) is 18.9 Å². The Balaban J connectivity index is 3.01. The number of sulfonamides is 1. The number of carbonyl (C=O) groups is 1. The van der Waals surface area contributed by atoms with Crippen LogP contribution in [0.4, 0.5) is 5.69 Å². The maximum Gasteiger partial charge on any atom is 0.240 e. The summed E-state index contributed by atoms with van der Waals surface area (Å²) in [6.07, 6.45) is 1.86. The molecule has 1 aromatic carbocycles. The zero-order chi connectivity index (χ0) is 15.3. The minimum absolute atomic E-state index is 0.252. The second-order valence-corrected chi connectivity index (χ2v) is 6.87. The molecular weight excluding hydrogens is 300 g/mol. The van der Waals surface area contributed by atoms with Crippen LogP contribution in [0.25, 0.3) is 0 Å². The van der Waals surface area contributed by atoms with Crippen molar-refractivity contribution in [3.63, 3.8) is 0 Å². The van der Waals surface area contributed by atoms with E-state index in [2.05, 4.69) is 5.32 Å². The van der Waals surface area contributed by atoms with Crippen LogP contribution in [-0.4, -0.2) is 33.7 Å². The maximum absolute atomic E-state index is 11.8. The lowest BCUT2D eigenvalue weighted by atomic mass is 10.2. The molecule has 0 fully saturated rings. The van der Waals surface area contributed by atoms with Crippen molar-refractivity contribution in [2.45, 2.75) is 20.3 Å². The molecule has 0 saturated carbocycles. The Kier molecular flexibility index (Phi) is 5.83. The summed E-state index contributed by atoms with van der Waals surface area (Å²) in [4.78, 5) is 11.7. The minimum Gasteiger partial charge on any atom is -0.355 e. The molecule has 0 aliphatic carbocycles. The van der Waals surface area contributed by atoms with Gasteiger partial charge in [-0.1, -0.05) is 24.6 Å². The summed E-state index contributed by atoms with van der Waals surface area (Å²) in [6, 6.07) is 4.90. The van der Waals surface area contributed by atoms with Gasteiger partial charge < -0.3 is 5.32 Å². The number of anilines is 1. The summed E-state index contributed by atoms with van der Waals surface area (Å²) < 4.78 is 24.7.